The third kappa shape index (κ3) is 2.55. The quantitative estimate of drug-likeness (QED) is 0.846. The summed E-state index contributed by atoms with van der Waals surface area (Å²) in [7, 11) is -3.40. The first-order valence-corrected chi connectivity index (χ1v) is 8.23. The summed E-state index contributed by atoms with van der Waals surface area (Å²) >= 11 is 3.27. The minimum Gasteiger partial charge on any atom is -0.398 e. The second-order valence-corrected chi connectivity index (χ2v) is 7.39. The van der Waals surface area contributed by atoms with Crippen LogP contribution in [0, 0.1) is 0 Å². The van der Waals surface area contributed by atoms with Crippen LogP contribution < -0.4 is 5.73 Å². The van der Waals surface area contributed by atoms with Crippen molar-refractivity contribution in [2.24, 2.45) is 0 Å². The molecule has 0 saturated carbocycles. The Bertz CT molecular complexity index is 545. The van der Waals surface area contributed by atoms with Gasteiger partial charge in [-0.15, -0.1) is 0 Å². The molecule has 0 aliphatic carbocycles. The number of sulfonamides is 1. The van der Waals surface area contributed by atoms with Crippen molar-refractivity contribution in [1.29, 1.82) is 0 Å². The van der Waals surface area contributed by atoms with Gasteiger partial charge in [-0.05, 0) is 53.9 Å². The largest absolute Gasteiger partial charge is 0.398 e. The zero-order valence-electron chi connectivity index (χ0n) is 10.3. The molecule has 1 heterocycles. The molecule has 1 saturated heterocycles. The molecule has 4 nitrogen and oxygen atoms in total. The van der Waals surface area contributed by atoms with Gasteiger partial charge in [-0.3, -0.25) is 0 Å². The summed E-state index contributed by atoms with van der Waals surface area (Å²) in [5.74, 6) is 0. The summed E-state index contributed by atoms with van der Waals surface area (Å²) in [4.78, 5) is 0.303. The van der Waals surface area contributed by atoms with Gasteiger partial charge in [0.25, 0.3) is 0 Å². The van der Waals surface area contributed by atoms with Crippen molar-refractivity contribution >= 4 is 31.6 Å². The van der Waals surface area contributed by atoms with E-state index in [1.54, 1.807) is 22.5 Å². The molecule has 0 unspecified atom stereocenters. The van der Waals surface area contributed by atoms with Gasteiger partial charge in [0.1, 0.15) is 0 Å². The molecule has 1 aromatic carbocycles. The number of nitrogens with two attached hydrogens (primary N) is 1. The second-order valence-electron chi connectivity index (χ2n) is 4.64. The summed E-state index contributed by atoms with van der Waals surface area (Å²) in [5, 5.41) is 0. The van der Waals surface area contributed by atoms with Gasteiger partial charge in [0.15, 0.2) is 0 Å². The molecule has 1 atom stereocenters. The van der Waals surface area contributed by atoms with Crippen LogP contribution in [0.4, 0.5) is 5.69 Å². The number of nitrogens with zero attached hydrogens (tertiary/aromatic N) is 1. The molecule has 18 heavy (non-hydrogen) atoms. The highest BCUT2D eigenvalue weighted by atomic mass is 79.9. The lowest BCUT2D eigenvalue weighted by molar-refractivity contribution is 0.268. The molecule has 6 heteroatoms. The molecule has 100 valence electrons. The summed E-state index contributed by atoms with van der Waals surface area (Å²) in [6.45, 7) is 2.56. The Morgan fingerprint density at radius 3 is 2.72 bits per heavy atom. The third-order valence-corrected chi connectivity index (χ3v) is 6.02. The Morgan fingerprint density at radius 2 is 2.11 bits per heavy atom. The monoisotopic (exact) mass is 332 g/mol. The van der Waals surface area contributed by atoms with Gasteiger partial charge < -0.3 is 5.73 Å². The van der Waals surface area contributed by atoms with Crippen LogP contribution in [0.15, 0.2) is 27.6 Å². The van der Waals surface area contributed by atoms with Crippen molar-refractivity contribution in [2.45, 2.75) is 37.1 Å². The number of nitrogen functional groups attached to an aromatic ring is 1. The SMILES string of the molecule is C[C@@H]1CCCCN1S(=O)(=O)c1ccc(N)c(Br)c1. The van der Waals surface area contributed by atoms with E-state index in [1.165, 1.54) is 0 Å². The lowest BCUT2D eigenvalue weighted by atomic mass is 10.1. The van der Waals surface area contributed by atoms with Gasteiger partial charge in [-0.25, -0.2) is 8.42 Å². The molecule has 2 rings (SSSR count). The molecule has 1 aliphatic heterocycles. The average Bonchev–Trinajstić information content (AvgIpc) is 2.33. The molecule has 0 spiro atoms. The minimum absolute atomic E-state index is 0.0695. The molecule has 1 aliphatic rings. The number of anilines is 1. The normalized spacial score (nSPS) is 22.0. The first-order valence-electron chi connectivity index (χ1n) is 6.00. The minimum atomic E-state index is -3.40. The predicted molar refractivity (Wildman–Crippen MR) is 75.8 cm³/mol. The van der Waals surface area contributed by atoms with Gasteiger partial charge in [-0.1, -0.05) is 6.42 Å². The lowest BCUT2D eigenvalue weighted by Gasteiger charge is -2.32. The van der Waals surface area contributed by atoms with E-state index in [1.807, 2.05) is 6.92 Å². The summed E-state index contributed by atoms with van der Waals surface area (Å²) in [6.07, 6.45) is 2.95. The van der Waals surface area contributed by atoms with Crippen molar-refractivity contribution < 1.29 is 8.42 Å². The number of hydrogen-bond donors (Lipinski definition) is 1. The van der Waals surface area contributed by atoms with E-state index < -0.39 is 10.0 Å². The van der Waals surface area contributed by atoms with Crippen LogP contribution in [0.3, 0.4) is 0 Å². The topological polar surface area (TPSA) is 63.4 Å². The fourth-order valence-electron chi connectivity index (χ4n) is 2.23. The summed E-state index contributed by atoms with van der Waals surface area (Å²) in [6, 6.07) is 4.83. The van der Waals surface area contributed by atoms with Crippen LogP contribution in [0.2, 0.25) is 0 Å². The van der Waals surface area contributed by atoms with Crippen LogP contribution in [-0.4, -0.2) is 25.3 Å². The Labute approximate surface area is 116 Å². The van der Waals surface area contributed by atoms with Crippen molar-refractivity contribution in [3.63, 3.8) is 0 Å². The zero-order valence-corrected chi connectivity index (χ0v) is 12.7. The van der Waals surface area contributed by atoms with Crippen LogP contribution in [-0.2, 0) is 10.0 Å². The van der Waals surface area contributed by atoms with Crippen LogP contribution in [0.1, 0.15) is 26.2 Å². The molecule has 1 aromatic rings. The molecule has 0 amide bonds. The van der Waals surface area contributed by atoms with E-state index >= 15 is 0 Å². The summed E-state index contributed by atoms with van der Waals surface area (Å²) in [5.41, 5.74) is 6.22. The molecule has 0 bridgehead atoms. The smallest absolute Gasteiger partial charge is 0.243 e. The number of hydrogen-bond acceptors (Lipinski definition) is 3. The van der Waals surface area contributed by atoms with Crippen LogP contribution in [0.25, 0.3) is 0 Å². The molecule has 0 aromatic heterocycles. The van der Waals surface area contributed by atoms with E-state index in [9.17, 15) is 8.42 Å². The molecule has 1 fully saturated rings. The average molecular weight is 333 g/mol. The molecule has 2 N–H and O–H groups in total. The molecule has 0 radical (unpaired) electrons. The summed E-state index contributed by atoms with van der Waals surface area (Å²) < 4.78 is 27.3. The maximum absolute atomic E-state index is 12.5. The first kappa shape index (κ1) is 13.8. The maximum Gasteiger partial charge on any atom is 0.243 e. The lowest BCUT2D eigenvalue weighted by Crippen LogP contribution is -2.41. The number of piperidine rings is 1. The van der Waals surface area contributed by atoms with Gasteiger partial charge in [0.05, 0.1) is 4.90 Å². The Kier molecular flexibility index (Phi) is 3.99. The Morgan fingerprint density at radius 1 is 1.39 bits per heavy atom. The van der Waals surface area contributed by atoms with Crippen molar-refractivity contribution in [3.8, 4) is 0 Å². The van der Waals surface area contributed by atoms with Crippen molar-refractivity contribution in [2.75, 3.05) is 12.3 Å². The fourth-order valence-corrected chi connectivity index (χ4v) is 4.49. The van der Waals surface area contributed by atoms with Crippen LogP contribution in [0.5, 0.6) is 0 Å². The number of rotatable bonds is 2. The number of halogens is 1. The third-order valence-electron chi connectivity index (χ3n) is 3.32. The van der Waals surface area contributed by atoms with Crippen LogP contribution >= 0.6 is 15.9 Å². The van der Waals surface area contributed by atoms with E-state index in [2.05, 4.69) is 15.9 Å². The highest BCUT2D eigenvalue weighted by molar-refractivity contribution is 9.10. The highest BCUT2D eigenvalue weighted by Crippen LogP contribution is 2.28. The number of benzene rings is 1. The van der Waals surface area contributed by atoms with Gasteiger partial charge in [0, 0.05) is 22.7 Å². The van der Waals surface area contributed by atoms with Gasteiger partial charge in [-0.2, -0.15) is 4.31 Å². The Hall–Kier alpha value is -0.590. The van der Waals surface area contributed by atoms with E-state index in [0.717, 1.165) is 19.3 Å². The van der Waals surface area contributed by atoms with Crippen molar-refractivity contribution in [3.05, 3.63) is 22.7 Å². The Balaban J connectivity index is 2.37. The zero-order chi connectivity index (χ0) is 13.3. The molecular weight excluding hydrogens is 316 g/mol. The molecular formula is C12H17BrN2O2S. The van der Waals surface area contributed by atoms with E-state index in [-0.39, 0.29) is 6.04 Å². The van der Waals surface area contributed by atoms with Crippen molar-refractivity contribution in [1.82, 2.24) is 4.31 Å². The van der Waals surface area contributed by atoms with E-state index in [0.29, 0.717) is 21.6 Å². The van der Waals surface area contributed by atoms with Gasteiger partial charge >= 0.3 is 0 Å². The van der Waals surface area contributed by atoms with Gasteiger partial charge in [0.2, 0.25) is 10.0 Å². The van der Waals surface area contributed by atoms with E-state index in [4.69, 9.17) is 5.73 Å². The highest BCUT2D eigenvalue weighted by Gasteiger charge is 2.31. The first-order chi connectivity index (χ1) is 8.43. The fraction of sp³-hybridized carbons (Fsp3) is 0.500. The maximum atomic E-state index is 12.5. The second kappa shape index (κ2) is 5.19. The standard InChI is InChI=1S/C12H17BrN2O2S/c1-9-4-2-3-7-15(9)18(16,17)10-5-6-12(14)11(13)8-10/h5-6,8-9H,2-4,7,14H2,1H3/t9-/m1/s1. The predicted octanol–water partition coefficient (Wildman–Crippen LogP) is 2.59.